The van der Waals surface area contributed by atoms with E-state index in [0.717, 1.165) is 0 Å². The van der Waals surface area contributed by atoms with Gasteiger partial charge in [0.15, 0.2) is 0 Å². The van der Waals surface area contributed by atoms with Crippen molar-refractivity contribution in [3.63, 3.8) is 0 Å². The van der Waals surface area contributed by atoms with Crippen LogP contribution < -0.4 is 0 Å². The molecular weight excluding hydrogens is 236 g/mol. The van der Waals surface area contributed by atoms with Crippen molar-refractivity contribution in [1.29, 1.82) is 0 Å². The highest BCUT2D eigenvalue weighted by Crippen LogP contribution is 1.56. The Hall–Kier alpha value is -2.85. The number of hydrogen-bond donors (Lipinski definition) is 6. The fourth-order valence-corrected chi connectivity index (χ4v) is 0. The van der Waals surface area contributed by atoms with Crippen molar-refractivity contribution < 1.29 is 54.6 Å². The third kappa shape index (κ3) is 43.3. The molecule has 92 valence electrons. The number of hydrogen-bond acceptors (Lipinski definition) is 5. The minimum Gasteiger partial charge on any atom is -0.473 e. The van der Waals surface area contributed by atoms with E-state index in [4.69, 9.17) is 54.6 Å². The molecule has 0 radical (unpaired) electrons. The number of carbonyl (C=O) groups is 5. The van der Waals surface area contributed by atoms with Crippen molar-refractivity contribution in [2.45, 2.75) is 0 Å². The molecular formula is C5H6O11. The van der Waals surface area contributed by atoms with E-state index >= 15 is 0 Å². The van der Waals surface area contributed by atoms with Gasteiger partial charge in [0.25, 0.3) is 0 Å². The maximum absolute atomic E-state index is 9.10. The van der Waals surface area contributed by atoms with Gasteiger partial charge in [0.2, 0.25) is 0 Å². The highest BCUT2D eigenvalue weighted by Gasteiger charge is 2.04. The van der Waals surface area contributed by atoms with Crippen molar-refractivity contribution >= 4 is 30.0 Å². The van der Waals surface area contributed by atoms with Gasteiger partial charge in [-0.3, -0.25) is 0 Å². The molecule has 0 heterocycles. The van der Waals surface area contributed by atoms with Crippen LogP contribution in [0.1, 0.15) is 0 Å². The summed E-state index contributed by atoms with van der Waals surface area (Å²) in [5.74, 6) is -7.30. The minimum absolute atomic E-state index is 1.82. The minimum atomic E-state index is -1.83. The van der Waals surface area contributed by atoms with Crippen molar-refractivity contribution in [2.24, 2.45) is 0 Å². The van der Waals surface area contributed by atoms with E-state index in [1.807, 2.05) is 0 Å². The molecule has 0 aromatic carbocycles. The summed E-state index contributed by atoms with van der Waals surface area (Å²) >= 11 is 0. The number of carboxylic acid groups (broad SMARTS) is 6. The van der Waals surface area contributed by atoms with Gasteiger partial charge in [-0.1, -0.05) is 0 Å². The average Bonchev–Trinajstić information content (AvgIpc) is 2.03. The second kappa shape index (κ2) is 10.2. The lowest BCUT2D eigenvalue weighted by atomic mass is 10.7. The van der Waals surface area contributed by atoms with E-state index in [1.54, 1.807) is 0 Å². The van der Waals surface area contributed by atoms with Gasteiger partial charge in [-0.05, 0) is 0 Å². The van der Waals surface area contributed by atoms with Gasteiger partial charge in [0.1, 0.15) is 0 Å². The highest BCUT2D eigenvalue weighted by atomic mass is 16.6. The summed E-state index contributed by atoms with van der Waals surface area (Å²) < 4.78 is 0. The van der Waals surface area contributed by atoms with Crippen LogP contribution in [0.5, 0.6) is 0 Å². The zero-order valence-electron chi connectivity index (χ0n) is 7.22. The highest BCUT2D eigenvalue weighted by molar-refractivity contribution is 6.27. The van der Waals surface area contributed by atoms with Gasteiger partial charge >= 0.3 is 30.0 Å². The van der Waals surface area contributed by atoms with Crippen LogP contribution in [0.2, 0.25) is 0 Å². The van der Waals surface area contributed by atoms with Crippen LogP contribution in [-0.4, -0.2) is 60.7 Å². The molecule has 0 fully saturated rings. The normalized spacial score (nSPS) is 7.00. The Morgan fingerprint density at radius 2 is 0.500 bits per heavy atom. The number of aliphatic carboxylic acids is 4. The molecule has 0 unspecified atom stereocenters. The smallest absolute Gasteiger partial charge is 0.473 e. The molecule has 0 aliphatic carbocycles. The van der Waals surface area contributed by atoms with E-state index in [9.17, 15) is 0 Å². The molecule has 0 saturated heterocycles. The van der Waals surface area contributed by atoms with Gasteiger partial charge in [-0.2, -0.15) is 0 Å². The lowest BCUT2D eigenvalue weighted by Gasteiger charge is -1.72. The predicted molar refractivity (Wildman–Crippen MR) is 41.2 cm³/mol. The maximum Gasteiger partial charge on any atom is 0.503 e. The molecule has 11 nitrogen and oxygen atoms in total. The Balaban J connectivity index is -0.000000162. The van der Waals surface area contributed by atoms with E-state index in [-0.39, 0.29) is 0 Å². The van der Waals surface area contributed by atoms with Gasteiger partial charge in [0, 0.05) is 0 Å². The van der Waals surface area contributed by atoms with Crippen LogP contribution in [0, 0.1) is 0 Å². The van der Waals surface area contributed by atoms with Gasteiger partial charge in [-0.25, -0.2) is 24.0 Å². The second-order valence-corrected chi connectivity index (χ2v) is 1.50. The SMILES string of the molecule is O=C(O)C(=O)O.O=C(O)C(=O)O.O=C(O)O. The van der Waals surface area contributed by atoms with Gasteiger partial charge < -0.3 is 30.6 Å². The number of rotatable bonds is 0. The van der Waals surface area contributed by atoms with Crippen molar-refractivity contribution in [2.75, 3.05) is 0 Å². The maximum atomic E-state index is 9.10. The molecule has 0 saturated carbocycles. The van der Waals surface area contributed by atoms with E-state index in [2.05, 4.69) is 0 Å². The second-order valence-electron chi connectivity index (χ2n) is 1.50. The fraction of sp³-hybridized carbons (Fsp3) is 0. The summed E-state index contributed by atoms with van der Waals surface area (Å²) in [7, 11) is 0. The lowest BCUT2D eigenvalue weighted by molar-refractivity contribution is -0.159. The van der Waals surface area contributed by atoms with Gasteiger partial charge in [-0.15, -0.1) is 0 Å². The molecule has 0 spiro atoms. The van der Waals surface area contributed by atoms with Gasteiger partial charge in [0.05, 0.1) is 0 Å². The lowest BCUT2D eigenvalue weighted by Crippen LogP contribution is -2.09. The molecule has 0 rings (SSSR count). The quantitative estimate of drug-likeness (QED) is 0.270. The summed E-state index contributed by atoms with van der Waals surface area (Å²) in [4.78, 5) is 45.0. The molecule has 11 heteroatoms. The first kappa shape index (κ1) is 18.8. The Labute approximate surface area is 85.8 Å². The first-order valence-electron chi connectivity index (χ1n) is 2.86. The Kier molecular flexibility index (Phi) is 12.1. The van der Waals surface area contributed by atoms with Crippen LogP contribution in [0.4, 0.5) is 4.79 Å². The monoisotopic (exact) mass is 242 g/mol. The molecule has 0 bridgehead atoms. The summed E-state index contributed by atoms with van der Waals surface area (Å²) in [6.45, 7) is 0. The third-order valence-corrected chi connectivity index (χ3v) is 0.366. The summed E-state index contributed by atoms with van der Waals surface area (Å²) in [5, 5.41) is 43.5. The summed E-state index contributed by atoms with van der Waals surface area (Å²) in [5.41, 5.74) is 0. The van der Waals surface area contributed by atoms with Crippen LogP contribution in [-0.2, 0) is 19.2 Å². The third-order valence-electron chi connectivity index (χ3n) is 0.366. The van der Waals surface area contributed by atoms with Crippen LogP contribution in [0.25, 0.3) is 0 Å². The standard InChI is InChI=1S/2C2H2O4.CH2O3/c2*3-1(4)2(5)6;2-1(3)4/h2*(H,3,4)(H,5,6);(H2,2,3,4). The van der Waals surface area contributed by atoms with Crippen molar-refractivity contribution in [3.8, 4) is 0 Å². The van der Waals surface area contributed by atoms with Crippen LogP contribution in [0.3, 0.4) is 0 Å². The summed E-state index contributed by atoms with van der Waals surface area (Å²) in [6.07, 6.45) is -1.83. The zero-order valence-corrected chi connectivity index (χ0v) is 7.22. The summed E-state index contributed by atoms with van der Waals surface area (Å²) in [6, 6.07) is 0. The zero-order chi connectivity index (χ0) is 13.9. The first-order valence-corrected chi connectivity index (χ1v) is 2.86. The Morgan fingerprint density at radius 1 is 0.438 bits per heavy atom. The molecule has 0 aromatic heterocycles. The van der Waals surface area contributed by atoms with Crippen molar-refractivity contribution in [3.05, 3.63) is 0 Å². The fourth-order valence-electron chi connectivity index (χ4n) is 0. The topological polar surface area (TPSA) is 207 Å². The van der Waals surface area contributed by atoms with E-state index in [0.29, 0.717) is 0 Å². The first-order chi connectivity index (χ1) is 7.02. The largest absolute Gasteiger partial charge is 0.503 e. The Morgan fingerprint density at radius 3 is 0.500 bits per heavy atom. The predicted octanol–water partition coefficient (Wildman–Crippen LogP) is -1.47. The van der Waals surface area contributed by atoms with Crippen molar-refractivity contribution in [1.82, 2.24) is 0 Å². The van der Waals surface area contributed by atoms with Crippen LogP contribution >= 0.6 is 0 Å². The number of carboxylic acids is 4. The molecule has 0 amide bonds. The molecule has 16 heavy (non-hydrogen) atoms. The average molecular weight is 242 g/mol. The van der Waals surface area contributed by atoms with E-state index in [1.165, 1.54) is 0 Å². The molecule has 0 aliphatic rings. The van der Waals surface area contributed by atoms with E-state index < -0.39 is 30.0 Å². The Bertz CT molecular complexity index is 237. The van der Waals surface area contributed by atoms with Crippen LogP contribution in [0.15, 0.2) is 0 Å². The molecule has 0 aromatic rings. The molecule has 0 atom stereocenters. The molecule has 0 aliphatic heterocycles. The molecule has 6 N–H and O–H groups in total.